The first-order valence-electron chi connectivity index (χ1n) is 3.24. The van der Waals surface area contributed by atoms with Gasteiger partial charge in [-0.1, -0.05) is 0 Å². The highest BCUT2D eigenvalue weighted by atomic mass is 16.5. The van der Waals surface area contributed by atoms with E-state index in [9.17, 15) is 9.59 Å². The number of aromatic nitrogens is 3. The van der Waals surface area contributed by atoms with Crippen LogP contribution in [0.5, 0.6) is 0 Å². The number of methoxy groups -OCH3 is 1. The number of nitrogens with zero attached hydrogens (tertiary/aromatic N) is 2. The monoisotopic (exact) mass is 185 g/mol. The molecule has 0 aliphatic carbocycles. The lowest BCUT2D eigenvalue weighted by Gasteiger charge is -2.02. The van der Waals surface area contributed by atoms with Crippen molar-refractivity contribution in [3.63, 3.8) is 0 Å². The van der Waals surface area contributed by atoms with E-state index in [2.05, 4.69) is 20.1 Å². The fourth-order valence-electron chi connectivity index (χ4n) is 0.534. The second-order valence-electron chi connectivity index (χ2n) is 1.93. The van der Waals surface area contributed by atoms with Crippen LogP contribution in [0.4, 0.5) is 4.79 Å². The van der Waals surface area contributed by atoms with E-state index in [1.165, 1.54) is 13.3 Å². The standard InChI is InChI=1S/C5H7N5O3/c1-13-5(12)9-8-4(11)3-2-6-10-7-3/h2H,1H3,(H,8,11)(H,9,12)(H,6,7,10). The zero-order valence-electron chi connectivity index (χ0n) is 6.70. The summed E-state index contributed by atoms with van der Waals surface area (Å²) in [6.07, 6.45) is 0.450. The molecule has 0 radical (unpaired) electrons. The lowest BCUT2D eigenvalue weighted by molar-refractivity contribution is 0.0915. The molecular formula is C5H7N5O3. The average Bonchev–Trinajstić information content (AvgIpc) is 2.66. The summed E-state index contributed by atoms with van der Waals surface area (Å²) in [5, 5.41) is 9.14. The highest BCUT2D eigenvalue weighted by molar-refractivity contribution is 5.92. The molecule has 70 valence electrons. The Bertz CT molecular complexity index is 295. The predicted molar refractivity (Wildman–Crippen MR) is 39.4 cm³/mol. The fourth-order valence-corrected chi connectivity index (χ4v) is 0.534. The van der Waals surface area contributed by atoms with Crippen LogP contribution in [0.3, 0.4) is 0 Å². The van der Waals surface area contributed by atoms with Crippen molar-refractivity contribution >= 4 is 12.0 Å². The molecule has 0 bridgehead atoms. The van der Waals surface area contributed by atoms with Crippen LogP contribution >= 0.6 is 0 Å². The summed E-state index contributed by atoms with van der Waals surface area (Å²) in [4.78, 5) is 21.5. The number of aromatic amines is 1. The highest BCUT2D eigenvalue weighted by Crippen LogP contribution is 1.85. The van der Waals surface area contributed by atoms with Gasteiger partial charge in [0.2, 0.25) is 0 Å². The van der Waals surface area contributed by atoms with Crippen LogP contribution in [-0.2, 0) is 4.74 Å². The Morgan fingerprint density at radius 1 is 1.54 bits per heavy atom. The summed E-state index contributed by atoms with van der Waals surface area (Å²) in [5.74, 6) is -0.584. The molecule has 0 aromatic carbocycles. The molecule has 0 spiro atoms. The van der Waals surface area contributed by atoms with Gasteiger partial charge in [-0.15, -0.1) is 0 Å². The van der Waals surface area contributed by atoms with E-state index in [1.807, 2.05) is 10.9 Å². The number of hydrazine groups is 1. The van der Waals surface area contributed by atoms with E-state index >= 15 is 0 Å². The van der Waals surface area contributed by atoms with Crippen molar-refractivity contribution in [3.05, 3.63) is 11.9 Å². The molecule has 0 saturated heterocycles. The van der Waals surface area contributed by atoms with Crippen LogP contribution in [0.25, 0.3) is 0 Å². The lowest BCUT2D eigenvalue weighted by atomic mass is 10.5. The molecule has 0 aliphatic rings. The number of hydrogen-bond donors (Lipinski definition) is 3. The van der Waals surface area contributed by atoms with Gasteiger partial charge in [0.1, 0.15) is 0 Å². The van der Waals surface area contributed by atoms with Gasteiger partial charge in [-0.2, -0.15) is 15.4 Å². The maximum atomic E-state index is 11.0. The maximum Gasteiger partial charge on any atom is 0.425 e. The van der Waals surface area contributed by atoms with E-state index in [0.29, 0.717) is 0 Å². The summed E-state index contributed by atoms with van der Waals surface area (Å²) < 4.78 is 4.21. The van der Waals surface area contributed by atoms with Gasteiger partial charge in [0, 0.05) is 0 Å². The molecule has 0 atom stereocenters. The third kappa shape index (κ3) is 2.43. The summed E-state index contributed by atoms with van der Waals surface area (Å²) in [6.45, 7) is 0. The van der Waals surface area contributed by atoms with Crippen molar-refractivity contribution in [1.29, 1.82) is 0 Å². The third-order valence-electron chi connectivity index (χ3n) is 1.11. The van der Waals surface area contributed by atoms with Crippen LogP contribution < -0.4 is 10.9 Å². The number of H-pyrrole nitrogens is 1. The molecule has 0 aliphatic heterocycles. The van der Waals surface area contributed by atoms with Crippen molar-refractivity contribution in [1.82, 2.24) is 26.3 Å². The number of amides is 2. The molecule has 1 rings (SSSR count). The molecule has 1 aromatic heterocycles. The zero-order chi connectivity index (χ0) is 9.68. The van der Waals surface area contributed by atoms with Gasteiger partial charge in [0.25, 0.3) is 5.91 Å². The Hall–Kier alpha value is -2.12. The summed E-state index contributed by atoms with van der Waals surface area (Å²) in [7, 11) is 1.18. The molecule has 3 N–H and O–H groups in total. The van der Waals surface area contributed by atoms with Gasteiger partial charge in [0.05, 0.1) is 13.3 Å². The second kappa shape index (κ2) is 4.04. The van der Waals surface area contributed by atoms with Gasteiger partial charge in [-0.25, -0.2) is 10.2 Å². The Morgan fingerprint density at radius 3 is 2.85 bits per heavy atom. The predicted octanol–water partition coefficient (Wildman–Crippen LogP) is -1.19. The minimum absolute atomic E-state index is 0.0661. The Balaban J connectivity index is 2.39. The third-order valence-corrected chi connectivity index (χ3v) is 1.11. The van der Waals surface area contributed by atoms with Crippen LogP contribution in [0.2, 0.25) is 0 Å². The zero-order valence-corrected chi connectivity index (χ0v) is 6.70. The molecule has 0 unspecified atom stereocenters. The number of carbonyl (C=O) groups excluding carboxylic acids is 2. The molecule has 0 saturated carbocycles. The molecule has 1 heterocycles. The first-order valence-corrected chi connectivity index (χ1v) is 3.24. The van der Waals surface area contributed by atoms with Gasteiger partial charge in [-0.3, -0.25) is 10.2 Å². The molecule has 8 heteroatoms. The van der Waals surface area contributed by atoms with E-state index in [4.69, 9.17) is 0 Å². The Labute approximate surface area is 72.6 Å². The Morgan fingerprint density at radius 2 is 2.31 bits per heavy atom. The van der Waals surface area contributed by atoms with E-state index < -0.39 is 12.0 Å². The topological polar surface area (TPSA) is 109 Å². The number of nitrogens with one attached hydrogen (secondary N) is 3. The molecule has 0 fully saturated rings. The number of ether oxygens (including phenoxy) is 1. The van der Waals surface area contributed by atoms with E-state index in [-0.39, 0.29) is 5.69 Å². The first-order chi connectivity index (χ1) is 6.24. The minimum atomic E-state index is -0.767. The van der Waals surface area contributed by atoms with Crippen LogP contribution in [0, 0.1) is 0 Å². The average molecular weight is 185 g/mol. The van der Waals surface area contributed by atoms with Gasteiger partial charge in [-0.05, 0) is 0 Å². The second-order valence-corrected chi connectivity index (χ2v) is 1.93. The lowest BCUT2D eigenvalue weighted by Crippen LogP contribution is -2.41. The Kier molecular flexibility index (Phi) is 2.79. The highest BCUT2D eigenvalue weighted by Gasteiger charge is 2.08. The van der Waals surface area contributed by atoms with Gasteiger partial charge in [0.15, 0.2) is 5.69 Å². The van der Waals surface area contributed by atoms with Crippen molar-refractivity contribution in [2.75, 3.05) is 7.11 Å². The molecule has 1 aromatic rings. The van der Waals surface area contributed by atoms with Crippen LogP contribution in [0.15, 0.2) is 6.20 Å². The minimum Gasteiger partial charge on any atom is -0.452 e. The molecule has 13 heavy (non-hydrogen) atoms. The van der Waals surface area contributed by atoms with Crippen LogP contribution in [0.1, 0.15) is 10.5 Å². The number of rotatable bonds is 1. The van der Waals surface area contributed by atoms with Crippen molar-refractivity contribution < 1.29 is 14.3 Å². The normalized spacial score (nSPS) is 9.00. The maximum absolute atomic E-state index is 11.0. The molecule has 2 amide bonds. The van der Waals surface area contributed by atoms with E-state index in [0.717, 1.165) is 0 Å². The van der Waals surface area contributed by atoms with Crippen molar-refractivity contribution in [3.8, 4) is 0 Å². The quantitative estimate of drug-likeness (QED) is 0.476. The van der Waals surface area contributed by atoms with Crippen molar-refractivity contribution in [2.45, 2.75) is 0 Å². The summed E-state index contributed by atoms with van der Waals surface area (Å²) in [5.41, 5.74) is 4.09. The summed E-state index contributed by atoms with van der Waals surface area (Å²) in [6, 6.07) is 0. The first kappa shape index (κ1) is 8.97. The van der Waals surface area contributed by atoms with Gasteiger partial charge >= 0.3 is 6.09 Å². The number of carbonyl (C=O) groups is 2. The summed E-state index contributed by atoms with van der Waals surface area (Å²) >= 11 is 0. The fraction of sp³-hybridized carbons (Fsp3) is 0.200. The van der Waals surface area contributed by atoms with E-state index in [1.54, 1.807) is 0 Å². The smallest absolute Gasteiger partial charge is 0.425 e. The van der Waals surface area contributed by atoms with Crippen LogP contribution in [-0.4, -0.2) is 34.5 Å². The molecule has 8 nitrogen and oxygen atoms in total. The van der Waals surface area contributed by atoms with Gasteiger partial charge < -0.3 is 4.74 Å². The largest absolute Gasteiger partial charge is 0.452 e. The number of hydrogen-bond acceptors (Lipinski definition) is 5. The molecular weight excluding hydrogens is 178 g/mol. The SMILES string of the molecule is COC(=O)NNC(=O)c1cn[nH]n1. The van der Waals surface area contributed by atoms with Crippen molar-refractivity contribution in [2.24, 2.45) is 0 Å².